The molecule has 0 fully saturated rings. The number of hydrogen-bond donors (Lipinski definition) is 6. The van der Waals surface area contributed by atoms with E-state index in [9.17, 15) is 28.8 Å². The van der Waals surface area contributed by atoms with E-state index in [0.717, 1.165) is 0 Å². The minimum Gasteiger partial charge on any atom is -0.478 e. The number of carbonyl (C=O) groups is 6. The molecule has 1 aromatic carbocycles. The molecule has 0 saturated carbocycles. The van der Waals surface area contributed by atoms with E-state index in [0.29, 0.717) is 0 Å². The van der Waals surface area contributed by atoms with Gasteiger partial charge in [0.05, 0.1) is 33.4 Å². The second-order valence-corrected chi connectivity index (χ2v) is 4.08. The van der Waals surface area contributed by atoms with Gasteiger partial charge in [-0.25, -0.2) is 28.8 Å². The molecule has 0 aliphatic heterocycles. The molecule has 0 bridgehead atoms. The van der Waals surface area contributed by atoms with Crippen molar-refractivity contribution in [2.45, 2.75) is 0 Å². The summed E-state index contributed by atoms with van der Waals surface area (Å²) in [6.45, 7) is 0. The van der Waals surface area contributed by atoms with Gasteiger partial charge in [0.25, 0.3) is 0 Å². The molecule has 0 heterocycles. The molecule has 0 aliphatic carbocycles. The molecule has 12 nitrogen and oxygen atoms in total. The van der Waals surface area contributed by atoms with E-state index in [1.165, 1.54) is 0 Å². The summed E-state index contributed by atoms with van der Waals surface area (Å²) in [5.41, 5.74) is -9.95. The summed E-state index contributed by atoms with van der Waals surface area (Å²) in [6.07, 6.45) is 0. The Labute approximate surface area is 300 Å². The van der Waals surface area contributed by atoms with Crippen LogP contribution in [0.1, 0.15) is 62.1 Å². The smallest absolute Gasteiger partial charge is 0.337 e. The van der Waals surface area contributed by atoms with E-state index < -0.39 is 69.2 Å². The van der Waals surface area contributed by atoms with Crippen molar-refractivity contribution in [2.75, 3.05) is 0 Å². The number of carboxylic acids is 6. The topological polar surface area (TPSA) is 224 Å². The van der Waals surface area contributed by atoms with Gasteiger partial charge < -0.3 is 30.6 Å². The standard InChI is InChI=1S/C12H6O12.6Na/c13-7(14)1-2(8(15)16)4(10(19)20)6(12(23)24)5(11(21)22)3(1)9(17)18;;;;;;/h(H,13,14)(H,15,16)(H,17,18)(H,19,20)(H,21,22)(H,23,24);;;;;;. The van der Waals surface area contributed by atoms with Crippen molar-refractivity contribution >= 4 is 213 Å². The molecule has 0 saturated heterocycles. The molecule has 0 atom stereocenters. The Bertz CT molecular complexity index is 655. The van der Waals surface area contributed by atoms with E-state index in [1.54, 1.807) is 0 Å². The normalized spacial score (nSPS) is 8.00. The largest absolute Gasteiger partial charge is 0.478 e. The molecule has 6 N–H and O–H groups in total. The van der Waals surface area contributed by atoms with Crippen LogP contribution in [-0.2, 0) is 0 Å². The Morgan fingerprint density at radius 1 is 0.300 bits per heavy atom. The van der Waals surface area contributed by atoms with Gasteiger partial charge in [0, 0.05) is 177 Å². The maximum atomic E-state index is 11.2. The van der Waals surface area contributed by atoms with Crippen LogP contribution < -0.4 is 0 Å². The van der Waals surface area contributed by atoms with Crippen LogP contribution in [0.4, 0.5) is 0 Å². The third-order valence-corrected chi connectivity index (χ3v) is 2.78. The van der Waals surface area contributed by atoms with E-state index in [-0.39, 0.29) is 177 Å². The third-order valence-electron chi connectivity index (χ3n) is 2.78. The molecule has 0 unspecified atom stereocenters. The fraction of sp³-hybridized carbons (Fsp3) is 0. The van der Waals surface area contributed by atoms with Gasteiger partial charge in [-0.15, -0.1) is 0 Å². The predicted octanol–water partition coefficient (Wildman–Crippen LogP) is -2.41. The Balaban J connectivity index is -0.000000240. The first-order valence-electron chi connectivity index (χ1n) is 5.57. The van der Waals surface area contributed by atoms with Crippen LogP contribution in [0.2, 0.25) is 0 Å². The fourth-order valence-corrected chi connectivity index (χ4v) is 2.03. The first-order chi connectivity index (χ1) is 10.9. The number of benzene rings is 1. The van der Waals surface area contributed by atoms with Crippen molar-refractivity contribution in [3.63, 3.8) is 0 Å². The van der Waals surface area contributed by atoms with Crippen molar-refractivity contribution in [1.82, 2.24) is 0 Å². The van der Waals surface area contributed by atoms with Gasteiger partial charge in [-0.2, -0.15) is 0 Å². The van der Waals surface area contributed by atoms with Crippen LogP contribution in [0, 0.1) is 0 Å². The first-order valence-corrected chi connectivity index (χ1v) is 5.57. The van der Waals surface area contributed by atoms with Gasteiger partial charge in [0.2, 0.25) is 0 Å². The van der Waals surface area contributed by atoms with Crippen LogP contribution in [0.25, 0.3) is 0 Å². The summed E-state index contributed by atoms with van der Waals surface area (Å²) >= 11 is 0. The summed E-state index contributed by atoms with van der Waals surface area (Å²) in [5, 5.41) is 54.2. The fourth-order valence-electron chi connectivity index (χ4n) is 2.03. The van der Waals surface area contributed by atoms with Gasteiger partial charge in [0.1, 0.15) is 0 Å². The molecule has 132 valence electrons. The third kappa shape index (κ3) is 10.1. The zero-order valence-corrected chi connectivity index (χ0v) is 29.1. The number of aromatic carboxylic acids is 6. The number of rotatable bonds is 6. The van der Waals surface area contributed by atoms with Crippen molar-refractivity contribution in [2.24, 2.45) is 0 Å². The minimum absolute atomic E-state index is 0. The zero-order valence-electron chi connectivity index (χ0n) is 17.1. The van der Waals surface area contributed by atoms with Crippen molar-refractivity contribution in [1.29, 1.82) is 0 Å². The first kappa shape index (κ1) is 45.5. The van der Waals surface area contributed by atoms with Gasteiger partial charge in [-0.1, -0.05) is 0 Å². The molecule has 0 spiro atoms. The molecular weight excluding hydrogens is 474 g/mol. The van der Waals surface area contributed by atoms with Crippen molar-refractivity contribution < 1.29 is 59.4 Å². The maximum Gasteiger partial charge on any atom is 0.337 e. The molecule has 0 aliphatic rings. The van der Waals surface area contributed by atoms with Gasteiger partial charge in [0.15, 0.2) is 0 Å². The molecule has 30 heavy (non-hydrogen) atoms. The Kier molecular flexibility index (Phi) is 29.4. The van der Waals surface area contributed by atoms with E-state index >= 15 is 0 Å². The quantitative estimate of drug-likeness (QED) is 0.234. The number of hydrogen-bond acceptors (Lipinski definition) is 6. The molecule has 1 aromatic rings. The SMILES string of the molecule is O=C(O)c1c(C(=O)O)c(C(=O)O)c(C(=O)O)c(C(=O)O)c1C(=O)O.[Na].[Na].[Na].[Na].[Na].[Na]. The van der Waals surface area contributed by atoms with E-state index in [1.807, 2.05) is 0 Å². The summed E-state index contributed by atoms with van der Waals surface area (Å²) in [5.74, 6) is -13.5. The van der Waals surface area contributed by atoms with Gasteiger partial charge in [-0.3, -0.25) is 0 Å². The average Bonchev–Trinajstić information content (AvgIpc) is 2.42. The summed E-state index contributed by atoms with van der Waals surface area (Å²) in [6, 6.07) is 0. The average molecular weight is 480 g/mol. The summed E-state index contributed by atoms with van der Waals surface area (Å²) in [7, 11) is 0. The molecular formula is C12H6Na6O12. The second-order valence-electron chi connectivity index (χ2n) is 4.08. The van der Waals surface area contributed by atoms with Crippen LogP contribution in [0.3, 0.4) is 0 Å². The summed E-state index contributed by atoms with van der Waals surface area (Å²) in [4.78, 5) is 67.3. The van der Waals surface area contributed by atoms with Crippen LogP contribution >= 0.6 is 0 Å². The van der Waals surface area contributed by atoms with Crippen LogP contribution in [0.15, 0.2) is 0 Å². The van der Waals surface area contributed by atoms with Crippen LogP contribution in [-0.4, -0.2) is 244 Å². The zero-order chi connectivity index (χ0) is 18.9. The Morgan fingerprint density at radius 2 is 0.367 bits per heavy atom. The summed E-state index contributed by atoms with van der Waals surface area (Å²) < 4.78 is 0. The molecule has 18 heteroatoms. The second kappa shape index (κ2) is 19.4. The number of carboxylic acid groups (broad SMARTS) is 6. The predicted molar refractivity (Wildman–Crippen MR) is 103 cm³/mol. The molecule has 1 rings (SSSR count). The van der Waals surface area contributed by atoms with Crippen molar-refractivity contribution in [3.8, 4) is 0 Å². The Morgan fingerprint density at radius 3 is 0.400 bits per heavy atom. The van der Waals surface area contributed by atoms with E-state index in [4.69, 9.17) is 30.6 Å². The Hall–Kier alpha value is 2.04. The van der Waals surface area contributed by atoms with Crippen LogP contribution in [0.5, 0.6) is 0 Å². The molecule has 0 aromatic heterocycles. The molecule has 0 amide bonds. The maximum absolute atomic E-state index is 11.2. The van der Waals surface area contributed by atoms with Gasteiger partial charge in [-0.05, 0) is 0 Å². The van der Waals surface area contributed by atoms with Gasteiger partial charge >= 0.3 is 35.8 Å². The monoisotopic (exact) mass is 480 g/mol. The minimum atomic E-state index is -2.26. The van der Waals surface area contributed by atoms with Crippen molar-refractivity contribution in [3.05, 3.63) is 33.4 Å². The molecule has 6 radical (unpaired) electrons. The van der Waals surface area contributed by atoms with E-state index in [2.05, 4.69) is 0 Å².